The van der Waals surface area contributed by atoms with Crippen LogP contribution in [0.1, 0.15) is 30.5 Å². The van der Waals surface area contributed by atoms with E-state index in [-0.39, 0.29) is 11.8 Å². The van der Waals surface area contributed by atoms with Gasteiger partial charge in [0.05, 0.1) is 25.5 Å². The van der Waals surface area contributed by atoms with Gasteiger partial charge in [-0.1, -0.05) is 12.2 Å². The number of carbonyl (C=O) groups excluding carboxylic acids is 1. The lowest BCUT2D eigenvalue weighted by Crippen LogP contribution is -2.37. The zero-order valence-electron chi connectivity index (χ0n) is 13.3. The highest BCUT2D eigenvalue weighted by Gasteiger charge is 2.30. The maximum Gasteiger partial charge on any atom is 0.226 e. The fourth-order valence-corrected chi connectivity index (χ4v) is 3.49. The highest BCUT2D eigenvalue weighted by molar-refractivity contribution is 5.79. The molecule has 0 radical (unpaired) electrons. The summed E-state index contributed by atoms with van der Waals surface area (Å²) in [5.74, 6) is 1.17. The van der Waals surface area contributed by atoms with Crippen LogP contribution in [-0.2, 0) is 22.6 Å². The van der Waals surface area contributed by atoms with E-state index in [1.165, 1.54) is 0 Å². The molecule has 0 N–H and O–H groups in total. The number of anilines is 1. The van der Waals surface area contributed by atoms with Gasteiger partial charge in [-0.15, -0.1) is 0 Å². The Bertz CT molecular complexity index is 625. The number of nitrogens with zero attached hydrogens (tertiary/aromatic N) is 4. The Labute approximate surface area is 136 Å². The zero-order valence-corrected chi connectivity index (χ0v) is 13.3. The van der Waals surface area contributed by atoms with E-state index >= 15 is 0 Å². The van der Waals surface area contributed by atoms with E-state index in [1.807, 2.05) is 11.1 Å². The van der Waals surface area contributed by atoms with Gasteiger partial charge in [-0.2, -0.15) is 0 Å². The molecular weight excluding hydrogens is 292 g/mol. The first kappa shape index (κ1) is 14.6. The van der Waals surface area contributed by atoms with Crippen molar-refractivity contribution in [3.8, 4) is 0 Å². The summed E-state index contributed by atoms with van der Waals surface area (Å²) < 4.78 is 5.37. The molecule has 3 heterocycles. The van der Waals surface area contributed by atoms with Gasteiger partial charge in [-0.3, -0.25) is 4.79 Å². The number of amides is 1. The van der Waals surface area contributed by atoms with E-state index < -0.39 is 0 Å². The van der Waals surface area contributed by atoms with Crippen molar-refractivity contribution in [3.05, 3.63) is 29.6 Å². The van der Waals surface area contributed by atoms with Crippen molar-refractivity contribution in [3.63, 3.8) is 0 Å². The molecule has 0 spiro atoms. The van der Waals surface area contributed by atoms with E-state index in [1.54, 1.807) is 0 Å². The first-order valence-electron chi connectivity index (χ1n) is 8.42. The molecule has 0 bridgehead atoms. The van der Waals surface area contributed by atoms with Crippen LogP contribution < -0.4 is 4.90 Å². The molecule has 1 saturated heterocycles. The third-order valence-electron chi connectivity index (χ3n) is 4.87. The SMILES string of the molecule is O=C([C@H]1CC=CCC1)N1Cc2cnc(N3CCOCC3)nc2C1. The van der Waals surface area contributed by atoms with Crippen LogP contribution in [0.4, 0.5) is 5.95 Å². The van der Waals surface area contributed by atoms with Gasteiger partial charge in [0.15, 0.2) is 0 Å². The van der Waals surface area contributed by atoms with E-state index in [4.69, 9.17) is 9.72 Å². The molecule has 23 heavy (non-hydrogen) atoms. The number of allylic oxidation sites excluding steroid dienone is 2. The second kappa shape index (κ2) is 6.28. The molecule has 6 nitrogen and oxygen atoms in total. The molecule has 122 valence electrons. The minimum Gasteiger partial charge on any atom is -0.378 e. The molecule has 1 amide bonds. The van der Waals surface area contributed by atoms with Crippen LogP contribution in [0, 0.1) is 5.92 Å². The largest absolute Gasteiger partial charge is 0.378 e. The molecule has 6 heteroatoms. The Balaban J connectivity index is 1.46. The average Bonchev–Trinajstić information content (AvgIpc) is 3.06. The fourth-order valence-electron chi connectivity index (χ4n) is 3.49. The monoisotopic (exact) mass is 314 g/mol. The highest BCUT2D eigenvalue weighted by atomic mass is 16.5. The number of hydrogen-bond acceptors (Lipinski definition) is 5. The lowest BCUT2D eigenvalue weighted by Gasteiger charge is -2.26. The van der Waals surface area contributed by atoms with Crippen LogP contribution in [0.15, 0.2) is 18.3 Å². The molecule has 3 aliphatic rings. The average molecular weight is 314 g/mol. The number of morpholine rings is 1. The molecule has 1 fully saturated rings. The van der Waals surface area contributed by atoms with Gasteiger partial charge in [-0.25, -0.2) is 9.97 Å². The Morgan fingerprint density at radius 1 is 1.22 bits per heavy atom. The summed E-state index contributed by atoms with van der Waals surface area (Å²) in [6.45, 7) is 4.37. The molecule has 1 atom stereocenters. The molecule has 0 saturated carbocycles. The minimum absolute atomic E-state index is 0.140. The van der Waals surface area contributed by atoms with Crippen molar-refractivity contribution in [2.75, 3.05) is 31.2 Å². The van der Waals surface area contributed by atoms with Gasteiger partial charge in [0.2, 0.25) is 11.9 Å². The van der Waals surface area contributed by atoms with Crippen LogP contribution >= 0.6 is 0 Å². The molecule has 1 aliphatic carbocycles. The third kappa shape index (κ3) is 2.95. The van der Waals surface area contributed by atoms with E-state index in [0.717, 1.165) is 62.8 Å². The number of ether oxygens (including phenoxy) is 1. The molecule has 0 unspecified atom stereocenters. The number of hydrogen-bond donors (Lipinski definition) is 0. The predicted molar refractivity (Wildman–Crippen MR) is 85.8 cm³/mol. The van der Waals surface area contributed by atoms with Crippen molar-refractivity contribution in [1.82, 2.24) is 14.9 Å². The second-order valence-corrected chi connectivity index (χ2v) is 6.42. The summed E-state index contributed by atoms with van der Waals surface area (Å²) >= 11 is 0. The van der Waals surface area contributed by atoms with Crippen LogP contribution in [-0.4, -0.2) is 47.1 Å². The van der Waals surface area contributed by atoms with Gasteiger partial charge in [0.25, 0.3) is 0 Å². The Morgan fingerprint density at radius 2 is 2.09 bits per heavy atom. The molecule has 4 rings (SSSR count). The Hall–Kier alpha value is -1.95. The summed E-state index contributed by atoms with van der Waals surface area (Å²) in [6.07, 6.45) is 9.04. The summed E-state index contributed by atoms with van der Waals surface area (Å²) in [4.78, 5) is 26.0. The highest BCUT2D eigenvalue weighted by Crippen LogP contribution is 2.27. The Kier molecular flexibility index (Phi) is 3.99. The third-order valence-corrected chi connectivity index (χ3v) is 4.87. The second-order valence-electron chi connectivity index (χ2n) is 6.42. The summed E-state index contributed by atoms with van der Waals surface area (Å²) in [5.41, 5.74) is 2.09. The number of fused-ring (bicyclic) bond motifs is 1. The van der Waals surface area contributed by atoms with Gasteiger partial charge < -0.3 is 14.5 Å². The van der Waals surface area contributed by atoms with Crippen LogP contribution in [0.3, 0.4) is 0 Å². The topological polar surface area (TPSA) is 58.6 Å². The van der Waals surface area contributed by atoms with Crippen LogP contribution in [0.2, 0.25) is 0 Å². The van der Waals surface area contributed by atoms with Gasteiger partial charge in [0.1, 0.15) is 0 Å². The number of rotatable bonds is 2. The molecular formula is C17H22N4O2. The quantitative estimate of drug-likeness (QED) is 0.775. The fraction of sp³-hybridized carbons (Fsp3) is 0.588. The maximum atomic E-state index is 12.7. The zero-order chi connectivity index (χ0) is 15.6. The number of aromatic nitrogens is 2. The van der Waals surface area contributed by atoms with Crippen LogP contribution in [0.5, 0.6) is 0 Å². The Morgan fingerprint density at radius 3 is 2.87 bits per heavy atom. The van der Waals surface area contributed by atoms with Crippen molar-refractivity contribution in [1.29, 1.82) is 0 Å². The van der Waals surface area contributed by atoms with Crippen molar-refractivity contribution < 1.29 is 9.53 Å². The van der Waals surface area contributed by atoms with Crippen molar-refractivity contribution >= 4 is 11.9 Å². The summed E-state index contributed by atoms with van der Waals surface area (Å²) in [7, 11) is 0. The first-order valence-corrected chi connectivity index (χ1v) is 8.42. The maximum absolute atomic E-state index is 12.7. The minimum atomic E-state index is 0.140. The van der Waals surface area contributed by atoms with Crippen molar-refractivity contribution in [2.24, 2.45) is 5.92 Å². The molecule has 1 aromatic heterocycles. The van der Waals surface area contributed by atoms with E-state index in [0.29, 0.717) is 13.1 Å². The number of carbonyl (C=O) groups is 1. The molecule has 0 aromatic carbocycles. The van der Waals surface area contributed by atoms with Gasteiger partial charge in [0, 0.05) is 37.3 Å². The lowest BCUT2D eigenvalue weighted by atomic mass is 9.93. The van der Waals surface area contributed by atoms with E-state index in [2.05, 4.69) is 22.0 Å². The lowest BCUT2D eigenvalue weighted by molar-refractivity contribution is -0.136. The standard InChI is InChI=1S/C17H22N4O2/c22-16(13-4-2-1-3-5-13)21-11-14-10-18-17(19-15(14)12-21)20-6-8-23-9-7-20/h1-2,10,13H,3-9,11-12H2/t13-/m0/s1. The van der Waals surface area contributed by atoms with E-state index in [9.17, 15) is 4.79 Å². The molecule has 1 aromatic rings. The van der Waals surface area contributed by atoms with Crippen LogP contribution in [0.25, 0.3) is 0 Å². The summed E-state index contributed by atoms with van der Waals surface area (Å²) in [6, 6.07) is 0. The van der Waals surface area contributed by atoms with Gasteiger partial charge >= 0.3 is 0 Å². The summed E-state index contributed by atoms with van der Waals surface area (Å²) in [5, 5.41) is 0. The molecule has 2 aliphatic heterocycles. The normalized spacial score (nSPS) is 23.9. The smallest absolute Gasteiger partial charge is 0.226 e. The predicted octanol–water partition coefficient (Wildman–Crippen LogP) is 1.51. The first-order chi connectivity index (χ1) is 11.3. The van der Waals surface area contributed by atoms with Crippen molar-refractivity contribution in [2.45, 2.75) is 32.4 Å². The van der Waals surface area contributed by atoms with Gasteiger partial charge in [-0.05, 0) is 19.3 Å².